The molecule has 2 bridgehead atoms. The highest BCUT2D eigenvalue weighted by molar-refractivity contribution is 8.00. The van der Waals surface area contributed by atoms with Crippen LogP contribution in [0.15, 0.2) is 18.3 Å². The fourth-order valence-corrected chi connectivity index (χ4v) is 4.73. The second-order valence-electron chi connectivity index (χ2n) is 5.21. The van der Waals surface area contributed by atoms with Gasteiger partial charge in [-0.3, -0.25) is 9.78 Å². The van der Waals surface area contributed by atoms with Crippen molar-refractivity contribution in [1.82, 2.24) is 4.98 Å². The molecule has 3 rings (SSSR count). The van der Waals surface area contributed by atoms with Gasteiger partial charge >= 0.3 is 0 Å². The minimum absolute atomic E-state index is 0.225. The van der Waals surface area contributed by atoms with E-state index in [1.807, 2.05) is 19.1 Å². The van der Waals surface area contributed by atoms with E-state index in [1.54, 1.807) is 6.20 Å². The van der Waals surface area contributed by atoms with Gasteiger partial charge in [-0.2, -0.15) is 11.8 Å². The minimum Gasteiger partial charge on any atom is -0.292 e. The summed E-state index contributed by atoms with van der Waals surface area (Å²) in [4.78, 5) is 16.6. The van der Waals surface area contributed by atoms with Crippen LogP contribution in [0.2, 0.25) is 0 Å². The highest BCUT2D eigenvalue weighted by Gasteiger charge is 2.38. The first kappa shape index (κ1) is 11.3. The number of hydrogen-bond donors (Lipinski definition) is 0. The number of aromatic nitrogens is 1. The van der Waals surface area contributed by atoms with Crippen LogP contribution in [0.5, 0.6) is 0 Å². The fourth-order valence-electron chi connectivity index (χ4n) is 2.95. The average molecular weight is 247 g/mol. The number of hydrogen-bond acceptors (Lipinski definition) is 3. The summed E-state index contributed by atoms with van der Waals surface area (Å²) in [5.41, 5.74) is 1.79. The van der Waals surface area contributed by atoms with Gasteiger partial charge < -0.3 is 0 Å². The highest BCUT2D eigenvalue weighted by atomic mass is 32.2. The Labute approximate surface area is 106 Å². The van der Waals surface area contributed by atoms with Crippen molar-refractivity contribution in [3.63, 3.8) is 0 Å². The molecule has 0 amide bonds. The lowest BCUT2D eigenvalue weighted by Crippen LogP contribution is -2.25. The fraction of sp³-hybridized carbons (Fsp3) is 0.571. The molecule has 3 heteroatoms. The number of rotatable bonds is 2. The van der Waals surface area contributed by atoms with Crippen molar-refractivity contribution >= 4 is 17.5 Å². The van der Waals surface area contributed by atoms with Crippen molar-refractivity contribution in [2.75, 3.05) is 0 Å². The summed E-state index contributed by atoms with van der Waals surface area (Å²) in [6.45, 7) is 2.01. The summed E-state index contributed by atoms with van der Waals surface area (Å²) in [7, 11) is 0. The third kappa shape index (κ3) is 2.25. The first-order valence-electron chi connectivity index (χ1n) is 6.34. The Bertz CT molecular complexity index is 434. The Hall–Kier alpha value is -0.830. The monoisotopic (exact) mass is 247 g/mol. The van der Waals surface area contributed by atoms with Gasteiger partial charge in [0.1, 0.15) is 5.69 Å². The Morgan fingerprint density at radius 1 is 1.35 bits per heavy atom. The van der Waals surface area contributed by atoms with Crippen molar-refractivity contribution in [2.24, 2.45) is 5.92 Å². The molecule has 2 atom stereocenters. The number of pyridine rings is 1. The topological polar surface area (TPSA) is 30.0 Å². The molecule has 2 unspecified atom stereocenters. The maximum atomic E-state index is 12.4. The number of ketones is 1. The molecule has 2 fully saturated rings. The van der Waals surface area contributed by atoms with E-state index < -0.39 is 0 Å². The number of aryl methyl sites for hydroxylation is 1. The maximum absolute atomic E-state index is 12.4. The lowest BCUT2D eigenvalue weighted by Gasteiger charge is -2.26. The summed E-state index contributed by atoms with van der Waals surface area (Å²) >= 11 is 2.10. The van der Waals surface area contributed by atoms with E-state index in [0.717, 1.165) is 28.9 Å². The summed E-state index contributed by atoms with van der Waals surface area (Å²) in [5.74, 6) is 0.494. The van der Waals surface area contributed by atoms with E-state index in [0.29, 0.717) is 5.69 Å². The predicted molar refractivity (Wildman–Crippen MR) is 70.4 cm³/mol. The van der Waals surface area contributed by atoms with Crippen LogP contribution in [0, 0.1) is 12.8 Å². The van der Waals surface area contributed by atoms with E-state index in [4.69, 9.17) is 0 Å². The SMILES string of the molecule is Cc1ccnc(C(=O)C2CC3CCC(C2)S3)c1. The van der Waals surface area contributed by atoms with Crippen LogP contribution in [0.1, 0.15) is 41.7 Å². The van der Waals surface area contributed by atoms with Crippen molar-refractivity contribution in [1.29, 1.82) is 0 Å². The summed E-state index contributed by atoms with van der Waals surface area (Å²) in [6.07, 6.45) is 6.49. The lowest BCUT2D eigenvalue weighted by molar-refractivity contribution is 0.0901. The number of carbonyl (C=O) groups is 1. The molecule has 0 saturated carbocycles. The Morgan fingerprint density at radius 3 is 2.71 bits per heavy atom. The van der Waals surface area contributed by atoms with Gasteiger partial charge in [0.2, 0.25) is 0 Å². The molecule has 1 aromatic rings. The molecule has 17 heavy (non-hydrogen) atoms. The molecule has 2 nitrogen and oxygen atoms in total. The molecule has 0 aliphatic carbocycles. The van der Waals surface area contributed by atoms with Crippen LogP contribution in [0.3, 0.4) is 0 Å². The molecule has 3 heterocycles. The standard InChI is InChI=1S/C14H17NOS/c1-9-4-5-15-13(6-9)14(16)10-7-11-2-3-12(8-10)17-11/h4-6,10-12H,2-3,7-8H2,1H3. The lowest BCUT2D eigenvalue weighted by atomic mass is 9.92. The molecule has 2 saturated heterocycles. The van der Waals surface area contributed by atoms with Gasteiger partial charge in [-0.05, 0) is 50.3 Å². The van der Waals surface area contributed by atoms with Crippen LogP contribution in [0.25, 0.3) is 0 Å². The molecular weight excluding hydrogens is 230 g/mol. The highest BCUT2D eigenvalue weighted by Crippen LogP contribution is 2.46. The Balaban J connectivity index is 1.78. The summed E-state index contributed by atoms with van der Waals surface area (Å²) < 4.78 is 0. The van der Waals surface area contributed by atoms with Gasteiger partial charge in [-0.1, -0.05) is 0 Å². The number of nitrogens with zero attached hydrogens (tertiary/aromatic N) is 1. The zero-order chi connectivity index (χ0) is 11.8. The molecule has 0 N–H and O–H groups in total. The van der Waals surface area contributed by atoms with Gasteiger partial charge in [0.25, 0.3) is 0 Å². The quantitative estimate of drug-likeness (QED) is 0.751. The van der Waals surface area contributed by atoms with Gasteiger partial charge in [-0.15, -0.1) is 0 Å². The van der Waals surface area contributed by atoms with Crippen molar-refractivity contribution in [3.8, 4) is 0 Å². The largest absolute Gasteiger partial charge is 0.292 e. The van der Waals surface area contributed by atoms with Crippen LogP contribution in [0.4, 0.5) is 0 Å². The molecule has 0 aromatic carbocycles. The minimum atomic E-state index is 0.225. The zero-order valence-electron chi connectivity index (χ0n) is 10.1. The van der Waals surface area contributed by atoms with Crippen LogP contribution in [-0.2, 0) is 0 Å². The van der Waals surface area contributed by atoms with Crippen LogP contribution in [-0.4, -0.2) is 21.3 Å². The van der Waals surface area contributed by atoms with Crippen molar-refractivity contribution < 1.29 is 4.79 Å². The van der Waals surface area contributed by atoms with Crippen molar-refractivity contribution in [2.45, 2.75) is 43.1 Å². The molecule has 2 aliphatic rings. The average Bonchev–Trinajstić information content (AvgIpc) is 2.67. The van der Waals surface area contributed by atoms with E-state index >= 15 is 0 Å². The molecule has 0 spiro atoms. The van der Waals surface area contributed by atoms with Crippen molar-refractivity contribution in [3.05, 3.63) is 29.6 Å². The van der Waals surface area contributed by atoms with E-state index in [1.165, 1.54) is 12.8 Å². The van der Waals surface area contributed by atoms with Gasteiger partial charge in [0, 0.05) is 22.6 Å². The third-order valence-electron chi connectivity index (χ3n) is 3.83. The molecular formula is C14H17NOS. The van der Waals surface area contributed by atoms with Crippen LogP contribution >= 0.6 is 11.8 Å². The Kier molecular flexibility index (Phi) is 2.95. The van der Waals surface area contributed by atoms with Gasteiger partial charge in [0.15, 0.2) is 5.78 Å². The first-order chi connectivity index (χ1) is 8.22. The summed E-state index contributed by atoms with van der Waals surface area (Å²) in [5, 5.41) is 1.46. The predicted octanol–water partition coefficient (Wildman–Crippen LogP) is 3.25. The van der Waals surface area contributed by atoms with Gasteiger partial charge in [-0.25, -0.2) is 0 Å². The Morgan fingerprint density at radius 2 is 2.06 bits per heavy atom. The zero-order valence-corrected chi connectivity index (χ0v) is 10.9. The smallest absolute Gasteiger partial charge is 0.184 e. The second-order valence-corrected chi connectivity index (χ2v) is 6.81. The van der Waals surface area contributed by atoms with Crippen LogP contribution < -0.4 is 0 Å². The first-order valence-corrected chi connectivity index (χ1v) is 7.29. The van der Waals surface area contributed by atoms with E-state index in [-0.39, 0.29) is 11.7 Å². The molecule has 2 aliphatic heterocycles. The van der Waals surface area contributed by atoms with E-state index in [2.05, 4.69) is 16.7 Å². The normalized spacial score (nSPS) is 31.5. The number of carbonyl (C=O) groups excluding carboxylic acids is 1. The maximum Gasteiger partial charge on any atom is 0.184 e. The van der Waals surface area contributed by atoms with E-state index in [9.17, 15) is 4.79 Å². The third-order valence-corrected chi connectivity index (χ3v) is 5.46. The molecule has 90 valence electrons. The number of thioether (sulfide) groups is 1. The number of Topliss-reactive ketones (excluding diaryl/α,β-unsaturated/α-hetero) is 1. The second kappa shape index (κ2) is 4.45. The molecule has 1 aromatic heterocycles. The summed E-state index contributed by atoms with van der Waals surface area (Å²) in [6, 6.07) is 3.86. The van der Waals surface area contributed by atoms with Gasteiger partial charge in [0.05, 0.1) is 0 Å². The molecule has 0 radical (unpaired) electrons. The number of fused-ring (bicyclic) bond motifs is 2.